The van der Waals surface area contributed by atoms with Gasteiger partial charge in [-0.1, -0.05) is 19.2 Å². The monoisotopic (exact) mass is 196 g/mol. The molecule has 0 rings (SSSR count). The molecule has 0 aliphatic heterocycles. The lowest BCUT2D eigenvalue weighted by Gasteiger charge is -2.11. The van der Waals surface area contributed by atoms with Crippen molar-refractivity contribution in [3.05, 3.63) is 37.5 Å². The minimum absolute atomic E-state index is 0.603. The lowest BCUT2D eigenvalue weighted by atomic mass is 10.5. The third-order valence-corrected chi connectivity index (χ3v) is 1.13. The first-order chi connectivity index (χ1) is 6.63. The molecule has 0 aliphatic rings. The molecule has 0 fully saturated rings. The number of carbonyl (C=O) groups is 2. The molecule has 1 unspecified atom stereocenters. The van der Waals surface area contributed by atoms with Gasteiger partial charge in [0.1, 0.15) is 0 Å². The molecule has 76 valence electrons. The molecule has 0 amide bonds. The van der Waals surface area contributed by atoms with Crippen LogP contribution in [-0.4, -0.2) is 18.2 Å². The molecule has 4 nitrogen and oxygen atoms in total. The molecule has 0 aromatic heterocycles. The van der Waals surface area contributed by atoms with Crippen molar-refractivity contribution in [1.29, 1.82) is 0 Å². The molecule has 0 bridgehead atoms. The van der Waals surface area contributed by atoms with Crippen molar-refractivity contribution in [3.8, 4) is 0 Å². The summed E-state index contributed by atoms with van der Waals surface area (Å²) in [5.74, 6) is -1.28. The zero-order valence-electron chi connectivity index (χ0n) is 7.93. The fourth-order valence-electron chi connectivity index (χ4n) is 0.573. The van der Waals surface area contributed by atoms with Gasteiger partial charge in [0.2, 0.25) is 0 Å². The minimum atomic E-state index is -1.08. The molecule has 0 radical (unpaired) electrons. The summed E-state index contributed by atoms with van der Waals surface area (Å²) in [6.45, 7) is 8.22. The Morgan fingerprint density at radius 1 is 1.21 bits per heavy atom. The van der Waals surface area contributed by atoms with Crippen LogP contribution in [0, 0.1) is 0 Å². The summed E-state index contributed by atoms with van der Waals surface area (Å²) >= 11 is 0. The van der Waals surface area contributed by atoms with Crippen molar-refractivity contribution in [1.82, 2.24) is 0 Å². The van der Waals surface area contributed by atoms with Crippen LogP contribution >= 0.6 is 0 Å². The maximum absolute atomic E-state index is 10.9. The Bertz CT molecular complexity index is 265. The van der Waals surface area contributed by atoms with Gasteiger partial charge in [0.25, 0.3) is 6.29 Å². The number of carbonyl (C=O) groups excluding carboxylic acids is 2. The van der Waals surface area contributed by atoms with Gasteiger partial charge in [-0.15, -0.1) is 0 Å². The number of ether oxygens (including phenoxy) is 2. The van der Waals surface area contributed by atoms with Crippen molar-refractivity contribution in [2.75, 3.05) is 0 Å². The highest BCUT2D eigenvalue weighted by atomic mass is 16.7. The van der Waals surface area contributed by atoms with Crippen LogP contribution in [0.3, 0.4) is 0 Å². The van der Waals surface area contributed by atoms with Crippen LogP contribution in [0.5, 0.6) is 0 Å². The topological polar surface area (TPSA) is 52.6 Å². The molecule has 4 heteroatoms. The second-order valence-electron chi connectivity index (χ2n) is 2.18. The molecule has 0 aliphatic carbocycles. The molecule has 0 saturated carbocycles. The van der Waals surface area contributed by atoms with Crippen molar-refractivity contribution >= 4 is 11.9 Å². The summed E-state index contributed by atoms with van der Waals surface area (Å²) in [7, 11) is 0. The molecular weight excluding hydrogens is 184 g/mol. The first kappa shape index (κ1) is 12.2. The molecule has 1 atom stereocenters. The van der Waals surface area contributed by atoms with Gasteiger partial charge in [0.15, 0.2) is 0 Å². The summed E-state index contributed by atoms with van der Waals surface area (Å²) in [4.78, 5) is 21.6. The summed E-state index contributed by atoms with van der Waals surface area (Å²) < 4.78 is 9.29. The number of allylic oxidation sites excluding steroid dienone is 1. The van der Waals surface area contributed by atoms with Gasteiger partial charge in [0, 0.05) is 12.2 Å². The third-order valence-electron chi connectivity index (χ3n) is 1.13. The standard InChI is InChI=1S/C10H12O4/c1-4-7-9(12)14-10(6-3)13-8(11)5-2/h4-7,10H,2-3H2,1H3. The average Bonchev–Trinajstić information content (AvgIpc) is 2.16. The van der Waals surface area contributed by atoms with Crippen LogP contribution in [-0.2, 0) is 19.1 Å². The Morgan fingerprint density at radius 3 is 2.21 bits per heavy atom. The van der Waals surface area contributed by atoms with Crippen LogP contribution in [0.15, 0.2) is 37.5 Å². The van der Waals surface area contributed by atoms with Crippen LogP contribution < -0.4 is 0 Å². The van der Waals surface area contributed by atoms with E-state index in [9.17, 15) is 9.59 Å². The smallest absolute Gasteiger partial charge is 0.333 e. The van der Waals surface area contributed by atoms with E-state index in [1.807, 2.05) is 0 Å². The lowest BCUT2D eigenvalue weighted by molar-refractivity contribution is -0.172. The Balaban J connectivity index is 4.15. The highest BCUT2D eigenvalue weighted by molar-refractivity contribution is 5.83. The van der Waals surface area contributed by atoms with E-state index in [2.05, 4.69) is 22.6 Å². The SMILES string of the molecule is C=CC(=O)OC(C=C)OC(=O)C=CC. The number of hydrogen-bond donors (Lipinski definition) is 0. The fraction of sp³-hybridized carbons (Fsp3) is 0.200. The van der Waals surface area contributed by atoms with Gasteiger partial charge in [-0.25, -0.2) is 9.59 Å². The van der Waals surface area contributed by atoms with Crippen LogP contribution in [0.2, 0.25) is 0 Å². The second kappa shape index (κ2) is 6.65. The summed E-state index contributed by atoms with van der Waals surface area (Å²) in [6, 6.07) is 0. The van der Waals surface area contributed by atoms with Crippen LogP contribution in [0.4, 0.5) is 0 Å². The van der Waals surface area contributed by atoms with Gasteiger partial charge in [-0.3, -0.25) is 0 Å². The van der Waals surface area contributed by atoms with Crippen molar-refractivity contribution < 1.29 is 19.1 Å². The Labute approximate surface area is 82.5 Å². The Morgan fingerprint density at radius 2 is 1.79 bits per heavy atom. The minimum Gasteiger partial charge on any atom is -0.418 e. The number of rotatable bonds is 5. The molecule has 0 saturated heterocycles. The number of hydrogen-bond acceptors (Lipinski definition) is 4. The van der Waals surface area contributed by atoms with Crippen molar-refractivity contribution in [2.24, 2.45) is 0 Å². The predicted molar refractivity (Wildman–Crippen MR) is 51.2 cm³/mol. The molecule has 0 aromatic carbocycles. The van der Waals surface area contributed by atoms with Gasteiger partial charge in [-0.05, 0) is 13.0 Å². The van der Waals surface area contributed by atoms with Gasteiger partial charge in [-0.2, -0.15) is 0 Å². The van der Waals surface area contributed by atoms with Gasteiger partial charge < -0.3 is 9.47 Å². The maximum Gasteiger partial charge on any atom is 0.333 e. The lowest BCUT2D eigenvalue weighted by Crippen LogP contribution is -2.20. The molecule has 14 heavy (non-hydrogen) atoms. The summed E-state index contributed by atoms with van der Waals surface area (Å²) in [6.07, 6.45) is 3.81. The second-order valence-corrected chi connectivity index (χ2v) is 2.18. The fourth-order valence-corrected chi connectivity index (χ4v) is 0.573. The molecule has 0 N–H and O–H groups in total. The van der Waals surface area contributed by atoms with Crippen LogP contribution in [0.25, 0.3) is 0 Å². The Hall–Kier alpha value is -1.84. The molecule has 0 spiro atoms. The van der Waals surface area contributed by atoms with E-state index < -0.39 is 18.2 Å². The van der Waals surface area contributed by atoms with Gasteiger partial charge in [0.05, 0.1) is 0 Å². The highest BCUT2D eigenvalue weighted by Crippen LogP contribution is 1.98. The first-order valence-corrected chi connectivity index (χ1v) is 3.93. The zero-order chi connectivity index (χ0) is 11.0. The van der Waals surface area contributed by atoms with E-state index in [0.717, 1.165) is 6.08 Å². The maximum atomic E-state index is 10.9. The van der Waals surface area contributed by atoms with Crippen molar-refractivity contribution in [3.63, 3.8) is 0 Å². The molecule has 0 heterocycles. The van der Waals surface area contributed by atoms with Crippen molar-refractivity contribution in [2.45, 2.75) is 13.2 Å². The van der Waals surface area contributed by atoms with E-state index in [1.165, 1.54) is 18.2 Å². The molecular formula is C10H12O4. The first-order valence-electron chi connectivity index (χ1n) is 3.93. The third kappa shape index (κ3) is 4.92. The summed E-state index contributed by atoms with van der Waals surface area (Å²) in [5, 5.41) is 0. The van der Waals surface area contributed by atoms with E-state index in [0.29, 0.717) is 0 Å². The highest BCUT2D eigenvalue weighted by Gasteiger charge is 2.11. The van der Waals surface area contributed by atoms with Gasteiger partial charge >= 0.3 is 11.9 Å². The number of esters is 2. The normalized spacial score (nSPS) is 11.8. The van der Waals surface area contributed by atoms with E-state index in [1.54, 1.807) is 6.92 Å². The molecule has 0 aromatic rings. The van der Waals surface area contributed by atoms with E-state index in [-0.39, 0.29) is 0 Å². The Kier molecular flexibility index (Phi) is 5.78. The van der Waals surface area contributed by atoms with E-state index in [4.69, 9.17) is 0 Å². The predicted octanol–water partition coefficient (Wildman–Crippen LogP) is 1.35. The van der Waals surface area contributed by atoms with E-state index >= 15 is 0 Å². The average molecular weight is 196 g/mol. The quantitative estimate of drug-likeness (QED) is 0.288. The van der Waals surface area contributed by atoms with Crippen LogP contribution in [0.1, 0.15) is 6.92 Å². The zero-order valence-corrected chi connectivity index (χ0v) is 7.93. The summed E-state index contributed by atoms with van der Waals surface area (Å²) in [5.41, 5.74) is 0. The largest absolute Gasteiger partial charge is 0.418 e.